The largest absolute Gasteiger partial charge is 0.506 e. The van der Waals surface area contributed by atoms with E-state index >= 15 is 0 Å². The van der Waals surface area contributed by atoms with Crippen molar-refractivity contribution in [3.63, 3.8) is 0 Å². The predicted octanol–water partition coefficient (Wildman–Crippen LogP) is 8.53. The summed E-state index contributed by atoms with van der Waals surface area (Å²) < 4.78 is 2.07. The Morgan fingerprint density at radius 3 is 2.22 bits per heavy atom. The van der Waals surface area contributed by atoms with E-state index in [0.717, 1.165) is 38.5 Å². The molecule has 4 nitrogen and oxygen atoms in total. The van der Waals surface area contributed by atoms with Crippen molar-refractivity contribution in [1.82, 2.24) is 14.5 Å². The molecule has 4 aromatic carbocycles. The van der Waals surface area contributed by atoms with Gasteiger partial charge in [0.1, 0.15) is 19.5 Å². The first-order valence-corrected chi connectivity index (χ1v) is 18.4. The average Bonchev–Trinajstić information content (AvgIpc) is 3.38. The molecule has 0 bridgehead atoms. The maximum atomic E-state index is 10.9. The van der Waals surface area contributed by atoms with Gasteiger partial charge in [-0.25, -0.2) is 0 Å². The summed E-state index contributed by atoms with van der Waals surface area (Å²) in [6.45, 7) is 11.5. The van der Waals surface area contributed by atoms with Crippen LogP contribution in [0, 0.1) is 6.07 Å². The molecule has 0 saturated carbocycles. The van der Waals surface area contributed by atoms with Gasteiger partial charge in [0.2, 0.25) is 0 Å². The average molecular weight is 798 g/mol. The second-order valence-electron chi connectivity index (χ2n) is 13.3. The summed E-state index contributed by atoms with van der Waals surface area (Å²) in [6.07, 6.45) is 1.94. The summed E-state index contributed by atoms with van der Waals surface area (Å²) in [7, 11) is -2.28. The van der Waals surface area contributed by atoms with E-state index in [1.165, 1.54) is 21.9 Å². The van der Waals surface area contributed by atoms with Crippen molar-refractivity contribution in [2.75, 3.05) is 0 Å². The topological polar surface area (TPSA) is 50.9 Å². The fourth-order valence-corrected chi connectivity index (χ4v) is 8.24. The first-order valence-electron chi connectivity index (χ1n) is 15.4. The molecule has 6 heteroatoms. The molecule has 1 N–H and O–H groups in total. The van der Waals surface area contributed by atoms with E-state index in [-0.39, 0.29) is 32.2 Å². The summed E-state index contributed by atoms with van der Waals surface area (Å²) in [4.78, 5) is 10.2. The zero-order valence-corrected chi connectivity index (χ0v) is 29.9. The summed E-state index contributed by atoms with van der Waals surface area (Å²) in [5.41, 5.74) is 7.88. The first kappa shape index (κ1) is 31.7. The van der Waals surface area contributed by atoms with E-state index in [0.29, 0.717) is 5.69 Å². The Kier molecular flexibility index (Phi) is 8.35. The maximum absolute atomic E-state index is 10.9. The van der Waals surface area contributed by atoms with Gasteiger partial charge in [0.15, 0.2) is 0 Å². The fourth-order valence-electron chi connectivity index (χ4n) is 6.08. The number of hydrogen-bond acceptors (Lipinski definition) is 3. The van der Waals surface area contributed by atoms with Crippen LogP contribution in [0.5, 0.6) is 5.75 Å². The number of phenols is 1. The first-order chi connectivity index (χ1) is 21.6. The van der Waals surface area contributed by atoms with Gasteiger partial charge in [0.05, 0.1) is 11.2 Å². The maximum Gasteiger partial charge on any atom is 0.139 e. The minimum Gasteiger partial charge on any atom is -0.506 e. The molecule has 0 amide bonds. The van der Waals surface area contributed by atoms with Gasteiger partial charge in [0, 0.05) is 43.4 Å². The van der Waals surface area contributed by atoms with Crippen LogP contribution in [0.25, 0.3) is 50.0 Å². The molecule has 0 aliphatic rings. The third-order valence-electron chi connectivity index (χ3n) is 8.84. The van der Waals surface area contributed by atoms with Crippen molar-refractivity contribution >= 4 is 40.5 Å². The molecule has 0 radical (unpaired) electrons. The predicted molar refractivity (Wildman–Crippen MR) is 190 cm³/mol. The molecular formula is C40H36N3OPtSi-. The zero-order chi connectivity index (χ0) is 31.3. The molecule has 0 fully saturated rings. The van der Waals surface area contributed by atoms with Gasteiger partial charge in [-0.1, -0.05) is 107 Å². The van der Waals surface area contributed by atoms with Crippen LogP contribution in [0.1, 0.15) is 26.3 Å². The normalized spacial score (nSPS) is 11.9. The SMILES string of the molecule is CC(C)(C)c1cc(-c2ccc3c4ccccc4n(-c4ccccc4O)c3n2)[c-]c([Si](C)(C)c2cc(-c3ccccc3)ccn2)c1.[Pt]. The van der Waals surface area contributed by atoms with Gasteiger partial charge in [0.25, 0.3) is 0 Å². The molecule has 7 aromatic rings. The number of fused-ring (bicyclic) bond motifs is 3. The molecule has 0 atom stereocenters. The van der Waals surface area contributed by atoms with Gasteiger partial charge >= 0.3 is 0 Å². The van der Waals surface area contributed by atoms with Crippen LogP contribution in [-0.4, -0.2) is 27.7 Å². The number of para-hydroxylation sites is 3. The number of benzene rings is 4. The number of aromatic hydroxyl groups is 1. The molecule has 46 heavy (non-hydrogen) atoms. The Morgan fingerprint density at radius 1 is 0.739 bits per heavy atom. The van der Waals surface area contributed by atoms with Gasteiger partial charge < -0.3 is 5.11 Å². The second kappa shape index (κ2) is 12.1. The van der Waals surface area contributed by atoms with E-state index in [1.807, 2.05) is 42.6 Å². The molecular weight excluding hydrogens is 762 g/mol. The minimum atomic E-state index is -2.28. The van der Waals surface area contributed by atoms with Crippen LogP contribution in [-0.2, 0) is 26.5 Å². The summed E-state index contributed by atoms with van der Waals surface area (Å²) in [5, 5.41) is 15.3. The molecule has 0 spiro atoms. The van der Waals surface area contributed by atoms with Crippen LogP contribution in [0.4, 0.5) is 0 Å². The zero-order valence-electron chi connectivity index (χ0n) is 26.7. The third-order valence-corrected chi connectivity index (χ3v) is 12.0. The van der Waals surface area contributed by atoms with Crippen molar-refractivity contribution in [1.29, 1.82) is 0 Å². The van der Waals surface area contributed by atoms with Gasteiger partial charge in [-0.2, -0.15) is 0 Å². The Morgan fingerprint density at radius 2 is 1.46 bits per heavy atom. The van der Waals surface area contributed by atoms with Crippen LogP contribution in [0.2, 0.25) is 13.1 Å². The fraction of sp³-hybridized carbons (Fsp3) is 0.150. The van der Waals surface area contributed by atoms with E-state index < -0.39 is 8.07 Å². The van der Waals surface area contributed by atoms with Crippen molar-refractivity contribution in [2.45, 2.75) is 39.3 Å². The van der Waals surface area contributed by atoms with Gasteiger partial charge in [-0.05, 0) is 52.6 Å². The molecule has 232 valence electrons. The molecule has 0 aliphatic heterocycles. The third kappa shape index (κ3) is 5.63. The molecule has 3 aromatic heterocycles. The number of rotatable bonds is 5. The number of pyridine rings is 2. The molecule has 0 unspecified atom stereocenters. The van der Waals surface area contributed by atoms with E-state index in [9.17, 15) is 5.11 Å². The number of hydrogen-bond donors (Lipinski definition) is 1. The summed E-state index contributed by atoms with van der Waals surface area (Å²) in [6, 6.07) is 43.2. The van der Waals surface area contributed by atoms with Crippen LogP contribution < -0.4 is 10.5 Å². The van der Waals surface area contributed by atoms with Crippen LogP contribution >= 0.6 is 0 Å². The Labute approximate surface area is 286 Å². The van der Waals surface area contributed by atoms with Crippen LogP contribution in [0.3, 0.4) is 0 Å². The number of phenolic OH excluding ortho intramolecular Hbond substituents is 1. The van der Waals surface area contributed by atoms with Crippen molar-refractivity contribution < 1.29 is 26.2 Å². The Bertz CT molecular complexity index is 2200. The molecule has 3 heterocycles. The van der Waals surface area contributed by atoms with Crippen molar-refractivity contribution in [2.24, 2.45) is 0 Å². The monoisotopic (exact) mass is 797 g/mol. The quantitative estimate of drug-likeness (QED) is 0.141. The minimum absolute atomic E-state index is 0. The smallest absolute Gasteiger partial charge is 0.139 e. The van der Waals surface area contributed by atoms with Crippen molar-refractivity contribution in [3.05, 3.63) is 133 Å². The number of aromatic nitrogens is 3. The van der Waals surface area contributed by atoms with E-state index in [4.69, 9.17) is 9.97 Å². The summed E-state index contributed by atoms with van der Waals surface area (Å²) in [5.74, 6) is 0.217. The summed E-state index contributed by atoms with van der Waals surface area (Å²) >= 11 is 0. The van der Waals surface area contributed by atoms with Crippen LogP contribution in [0.15, 0.2) is 121 Å². The van der Waals surface area contributed by atoms with Gasteiger partial charge in [-0.3, -0.25) is 14.5 Å². The molecule has 7 rings (SSSR count). The van der Waals surface area contributed by atoms with Crippen molar-refractivity contribution in [3.8, 4) is 33.8 Å². The Balaban J connectivity index is 0.00000372. The van der Waals surface area contributed by atoms with Gasteiger partial charge in [-0.15, -0.1) is 34.5 Å². The Hall–Kier alpha value is -4.31. The molecule has 0 aliphatic carbocycles. The standard InChI is InChI=1S/C40H36N3OSi.Pt/c1-40(2,3)30-23-29(24-31(26-30)45(4,5)38-25-28(21-22-41-38)27-13-7-6-8-14-27)34-20-19-33-32-15-9-10-16-35(32)43(39(33)42-34)36-17-11-12-18-37(36)44;/h6-23,25-26,44H,1-5H3;/q-1;. The van der Waals surface area contributed by atoms with E-state index in [2.05, 4.69) is 117 Å². The van der Waals surface area contributed by atoms with E-state index in [1.54, 1.807) is 6.07 Å². The number of nitrogens with zero attached hydrogens (tertiary/aromatic N) is 3. The molecule has 0 saturated heterocycles. The second-order valence-corrected chi connectivity index (χ2v) is 17.6.